The SMILES string of the molecule is CCN(CC)C(=O)c1cnc(Nc2ccccc2N2CCOCC2)cn1. The molecule has 1 fully saturated rings. The number of carbonyl (C=O) groups is 1. The second-order valence-electron chi connectivity index (χ2n) is 6.01. The lowest BCUT2D eigenvalue weighted by Gasteiger charge is -2.30. The Bertz CT molecular complexity index is 725. The molecule has 26 heavy (non-hydrogen) atoms. The molecule has 1 saturated heterocycles. The number of nitrogens with one attached hydrogen (secondary N) is 1. The number of aromatic nitrogens is 2. The fourth-order valence-corrected chi connectivity index (χ4v) is 2.97. The molecular formula is C19H25N5O2. The number of carbonyl (C=O) groups excluding carboxylic acids is 1. The van der Waals surface area contributed by atoms with E-state index in [-0.39, 0.29) is 5.91 Å². The van der Waals surface area contributed by atoms with E-state index >= 15 is 0 Å². The second-order valence-corrected chi connectivity index (χ2v) is 6.01. The molecule has 7 heteroatoms. The molecule has 0 spiro atoms. The number of hydrogen-bond donors (Lipinski definition) is 1. The minimum absolute atomic E-state index is 0.0947. The first-order valence-corrected chi connectivity index (χ1v) is 9.03. The molecular weight excluding hydrogens is 330 g/mol. The summed E-state index contributed by atoms with van der Waals surface area (Å²) in [5.74, 6) is 0.518. The van der Waals surface area contributed by atoms with Gasteiger partial charge in [-0.15, -0.1) is 0 Å². The van der Waals surface area contributed by atoms with Crippen LogP contribution in [-0.4, -0.2) is 60.2 Å². The van der Waals surface area contributed by atoms with E-state index in [4.69, 9.17) is 4.74 Å². The number of anilines is 3. The highest BCUT2D eigenvalue weighted by Gasteiger charge is 2.16. The van der Waals surface area contributed by atoms with E-state index < -0.39 is 0 Å². The Labute approximate surface area is 154 Å². The van der Waals surface area contributed by atoms with Crippen molar-refractivity contribution < 1.29 is 9.53 Å². The summed E-state index contributed by atoms with van der Waals surface area (Å²) in [6.07, 6.45) is 3.13. The van der Waals surface area contributed by atoms with E-state index in [1.807, 2.05) is 32.0 Å². The van der Waals surface area contributed by atoms with Crippen LogP contribution in [0.1, 0.15) is 24.3 Å². The van der Waals surface area contributed by atoms with Gasteiger partial charge in [0.05, 0.1) is 37.0 Å². The molecule has 0 atom stereocenters. The molecule has 0 bridgehead atoms. The Morgan fingerprint density at radius 3 is 2.54 bits per heavy atom. The van der Waals surface area contributed by atoms with Crippen molar-refractivity contribution in [2.45, 2.75) is 13.8 Å². The molecule has 3 rings (SSSR count). The molecule has 1 aromatic heterocycles. The van der Waals surface area contributed by atoms with Crippen LogP contribution in [0.5, 0.6) is 0 Å². The Kier molecular flexibility index (Phi) is 6.01. The summed E-state index contributed by atoms with van der Waals surface area (Å²) < 4.78 is 5.43. The van der Waals surface area contributed by atoms with Gasteiger partial charge in [-0.05, 0) is 26.0 Å². The van der Waals surface area contributed by atoms with E-state index in [9.17, 15) is 4.79 Å². The van der Waals surface area contributed by atoms with Crippen LogP contribution in [0.15, 0.2) is 36.7 Å². The van der Waals surface area contributed by atoms with E-state index in [2.05, 4.69) is 26.3 Å². The summed E-state index contributed by atoms with van der Waals surface area (Å²) >= 11 is 0. The van der Waals surface area contributed by atoms with E-state index in [1.54, 1.807) is 11.1 Å². The number of rotatable bonds is 6. The normalized spacial score (nSPS) is 14.2. The van der Waals surface area contributed by atoms with E-state index in [0.29, 0.717) is 24.6 Å². The minimum Gasteiger partial charge on any atom is -0.378 e. The van der Waals surface area contributed by atoms with Crippen molar-refractivity contribution in [2.75, 3.05) is 49.6 Å². The first-order valence-electron chi connectivity index (χ1n) is 9.03. The highest BCUT2D eigenvalue weighted by Crippen LogP contribution is 2.28. The molecule has 1 aliphatic heterocycles. The Morgan fingerprint density at radius 2 is 1.88 bits per heavy atom. The van der Waals surface area contributed by atoms with Gasteiger partial charge < -0.3 is 19.9 Å². The minimum atomic E-state index is -0.0947. The summed E-state index contributed by atoms with van der Waals surface area (Å²) in [6.45, 7) is 8.41. The number of amides is 1. The summed E-state index contributed by atoms with van der Waals surface area (Å²) in [6, 6.07) is 8.10. The van der Waals surface area contributed by atoms with Gasteiger partial charge in [-0.3, -0.25) is 4.79 Å². The lowest BCUT2D eigenvalue weighted by molar-refractivity contribution is 0.0766. The first-order chi connectivity index (χ1) is 12.7. The van der Waals surface area contributed by atoms with Crippen LogP contribution in [-0.2, 0) is 4.74 Å². The number of benzene rings is 1. The molecule has 1 N–H and O–H groups in total. The average molecular weight is 355 g/mol. The predicted octanol–water partition coefficient (Wildman–Crippen LogP) is 2.54. The van der Waals surface area contributed by atoms with Crippen LogP contribution in [0, 0.1) is 0 Å². The highest BCUT2D eigenvalue weighted by molar-refractivity contribution is 5.92. The highest BCUT2D eigenvalue weighted by atomic mass is 16.5. The molecule has 2 heterocycles. The van der Waals surface area contributed by atoms with E-state index in [0.717, 1.165) is 37.7 Å². The zero-order chi connectivity index (χ0) is 18.4. The third-order valence-corrected chi connectivity index (χ3v) is 4.44. The van der Waals surface area contributed by atoms with Crippen LogP contribution in [0.4, 0.5) is 17.2 Å². The van der Waals surface area contributed by atoms with Crippen molar-refractivity contribution >= 4 is 23.1 Å². The molecule has 1 amide bonds. The molecule has 0 radical (unpaired) electrons. The lowest BCUT2D eigenvalue weighted by Crippen LogP contribution is -2.36. The maximum atomic E-state index is 12.3. The second kappa shape index (κ2) is 8.62. The predicted molar refractivity (Wildman–Crippen MR) is 102 cm³/mol. The number of nitrogens with zero attached hydrogens (tertiary/aromatic N) is 4. The number of morpholine rings is 1. The smallest absolute Gasteiger partial charge is 0.274 e. The Morgan fingerprint density at radius 1 is 1.15 bits per heavy atom. The van der Waals surface area contributed by atoms with Gasteiger partial charge in [0.15, 0.2) is 0 Å². The quantitative estimate of drug-likeness (QED) is 0.859. The van der Waals surface area contributed by atoms with Gasteiger partial charge in [0.25, 0.3) is 5.91 Å². The number of ether oxygens (including phenoxy) is 1. The number of hydrogen-bond acceptors (Lipinski definition) is 6. The fraction of sp³-hybridized carbons (Fsp3) is 0.421. The van der Waals surface area contributed by atoms with Crippen molar-refractivity contribution in [3.8, 4) is 0 Å². The van der Waals surface area contributed by atoms with Crippen LogP contribution in [0.3, 0.4) is 0 Å². The summed E-state index contributed by atoms with van der Waals surface area (Å²) in [5, 5.41) is 3.31. The van der Waals surface area contributed by atoms with Gasteiger partial charge in [0, 0.05) is 26.2 Å². The third kappa shape index (κ3) is 4.11. The summed E-state index contributed by atoms with van der Waals surface area (Å²) in [7, 11) is 0. The standard InChI is InChI=1S/C19H25N5O2/c1-3-23(4-2)19(25)16-13-21-18(14-20-16)22-15-7-5-6-8-17(15)24-9-11-26-12-10-24/h5-8,13-14H,3-4,9-12H2,1-2H3,(H,21,22). The molecule has 0 saturated carbocycles. The van der Waals surface area contributed by atoms with Crippen LogP contribution in [0.25, 0.3) is 0 Å². The zero-order valence-corrected chi connectivity index (χ0v) is 15.3. The fourth-order valence-electron chi connectivity index (χ4n) is 2.97. The van der Waals surface area contributed by atoms with Gasteiger partial charge in [-0.25, -0.2) is 9.97 Å². The van der Waals surface area contributed by atoms with Crippen LogP contribution >= 0.6 is 0 Å². The molecule has 2 aromatic rings. The van der Waals surface area contributed by atoms with Gasteiger partial charge in [0.1, 0.15) is 11.5 Å². The largest absolute Gasteiger partial charge is 0.378 e. The van der Waals surface area contributed by atoms with Crippen molar-refractivity contribution in [1.29, 1.82) is 0 Å². The number of para-hydroxylation sites is 2. The maximum absolute atomic E-state index is 12.3. The molecule has 1 aromatic carbocycles. The Hall–Kier alpha value is -2.67. The van der Waals surface area contributed by atoms with Crippen molar-refractivity contribution in [3.05, 3.63) is 42.4 Å². The van der Waals surface area contributed by atoms with Crippen LogP contribution < -0.4 is 10.2 Å². The molecule has 7 nitrogen and oxygen atoms in total. The lowest BCUT2D eigenvalue weighted by atomic mass is 10.2. The maximum Gasteiger partial charge on any atom is 0.274 e. The van der Waals surface area contributed by atoms with Crippen molar-refractivity contribution in [2.24, 2.45) is 0 Å². The average Bonchev–Trinajstić information content (AvgIpc) is 2.70. The topological polar surface area (TPSA) is 70.6 Å². The molecule has 1 aliphatic rings. The first kappa shape index (κ1) is 18.1. The molecule has 0 unspecified atom stereocenters. The Balaban J connectivity index is 1.74. The summed E-state index contributed by atoms with van der Waals surface area (Å²) in [4.78, 5) is 25.0. The van der Waals surface area contributed by atoms with Crippen LogP contribution in [0.2, 0.25) is 0 Å². The van der Waals surface area contributed by atoms with Gasteiger partial charge in [-0.1, -0.05) is 12.1 Å². The summed E-state index contributed by atoms with van der Waals surface area (Å²) in [5.41, 5.74) is 2.44. The van der Waals surface area contributed by atoms with Gasteiger partial charge in [-0.2, -0.15) is 0 Å². The monoisotopic (exact) mass is 355 g/mol. The van der Waals surface area contributed by atoms with Gasteiger partial charge in [0.2, 0.25) is 0 Å². The van der Waals surface area contributed by atoms with Crippen molar-refractivity contribution in [1.82, 2.24) is 14.9 Å². The van der Waals surface area contributed by atoms with Crippen molar-refractivity contribution in [3.63, 3.8) is 0 Å². The third-order valence-electron chi connectivity index (χ3n) is 4.44. The molecule has 0 aliphatic carbocycles. The molecule has 138 valence electrons. The zero-order valence-electron chi connectivity index (χ0n) is 15.3. The van der Waals surface area contributed by atoms with E-state index in [1.165, 1.54) is 6.20 Å². The van der Waals surface area contributed by atoms with Gasteiger partial charge >= 0.3 is 0 Å².